The molecule has 1 rings (SSSR count). The molecule has 0 radical (unpaired) electrons. The molecule has 0 bridgehead atoms. The van der Waals surface area contributed by atoms with Crippen LogP contribution in [0.1, 0.15) is 11.1 Å². The number of hydrogen-bond donors (Lipinski definition) is 2. The first-order valence-corrected chi connectivity index (χ1v) is 3.92. The van der Waals surface area contributed by atoms with Gasteiger partial charge in [0.2, 0.25) is 0 Å². The normalized spacial score (nSPS) is 10.7. The van der Waals surface area contributed by atoms with Crippen molar-refractivity contribution in [1.29, 1.82) is 0 Å². The van der Waals surface area contributed by atoms with Crippen molar-refractivity contribution < 1.29 is 14.4 Å². The Morgan fingerprint density at radius 3 is 2.62 bits per heavy atom. The van der Waals surface area contributed by atoms with Gasteiger partial charge in [0.05, 0.1) is 0 Å². The maximum Gasteiger partial charge on any atom is 0.480 e. The van der Waals surface area contributed by atoms with E-state index in [-0.39, 0.29) is 0 Å². The Balaban J connectivity index is 2.87. The minimum Gasteiger partial charge on any atom is -0.424 e. The average Bonchev–Trinajstić information content (AvgIpc) is 2.15. The van der Waals surface area contributed by atoms with Crippen LogP contribution in [0, 0.1) is 0 Å². The second-order valence-electron chi connectivity index (χ2n) is 2.61. The molecule has 0 aliphatic heterocycles. The van der Waals surface area contributed by atoms with Gasteiger partial charge in [0.15, 0.2) is 0 Å². The molecule has 2 N–H and O–H groups in total. The number of hydrogen-bond acceptors (Lipinski definition) is 2. The molecule has 0 unspecified atom stereocenters. The van der Waals surface area contributed by atoms with E-state index in [9.17, 15) is 4.39 Å². The lowest BCUT2D eigenvalue weighted by atomic mass is 9.90. The molecule has 0 atom stereocenters. The first kappa shape index (κ1) is 9.96. The highest BCUT2D eigenvalue weighted by Gasteiger charge is 2.00. The zero-order chi connectivity index (χ0) is 9.68. The average molecular weight is 180 g/mol. The van der Waals surface area contributed by atoms with Crippen LogP contribution in [0.25, 0.3) is 6.08 Å². The highest BCUT2D eigenvalue weighted by atomic mass is 19.1. The SMILES string of the molecule is OB(O)/C=C/c1ccccc1CF. The fraction of sp³-hybridized carbons (Fsp3) is 0.111. The molecule has 0 aliphatic carbocycles. The summed E-state index contributed by atoms with van der Waals surface area (Å²) in [5, 5.41) is 17.1. The van der Waals surface area contributed by atoms with E-state index in [0.29, 0.717) is 11.1 Å². The van der Waals surface area contributed by atoms with E-state index in [1.54, 1.807) is 24.3 Å². The summed E-state index contributed by atoms with van der Waals surface area (Å²) in [4.78, 5) is 0. The molecule has 1 aromatic carbocycles. The molecule has 0 aliphatic rings. The Labute approximate surface area is 76.5 Å². The Kier molecular flexibility index (Phi) is 3.67. The molecule has 0 fully saturated rings. The van der Waals surface area contributed by atoms with Crippen LogP contribution in [0.2, 0.25) is 0 Å². The predicted molar refractivity (Wildman–Crippen MR) is 50.5 cm³/mol. The van der Waals surface area contributed by atoms with Gasteiger partial charge in [0.1, 0.15) is 6.67 Å². The van der Waals surface area contributed by atoms with Gasteiger partial charge >= 0.3 is 7.12 Å². The largest absolute Gasteiger partial charge is 0.480 e. The second-order valence-corrected chi connectivity index (χ2v) is 2.61. The Hall–Kier alpha value is -1.13. The summed E-state index contributed by atoms with van der Waals surface area (Å²) in [6.45, 7) is -0.554. The van der Waals surface area contributed by atoms with Crippen LogP contribution in [0.15, 0.2) is 30.2 Å². The van der Waals surface area contributed by atoms with Crippen molar-refractivity contribution in [2.75, 3.05) is 0 Å². The van der Waals surface area contributed by atoms with Crippen LogP contribution in [-0.2, 0) is 6.67 Å². The third kappa shape index (κ3) is 3.01. The van der Waals surface area contributed by atoms with Gasteiger partial charge in [-0.15, -0.1) is 0 Å². The lowest BCUT2D eigenvalue weighted by Gasteiger charge is -1.99. The number of halogens is 1. The monoisotopic (exact) mass is 180 g/mol. The van der Waals surface area contributed by atoms with Gasteiger partial charge < -0.3 is 10.0 Å². The van der Waals surface area contributed by atoms with Crippen LogP contribution in [0.3, 0.4) is 0 Å². The third-order valence-electron chi connectivity index (χ3n) is 1.65. The van der Waals surface area contributed by atoms with Gasteiger partial charge in [-0.25, -0.2) is 4.39 Å². The van der Waals surface area contributed by atoms with Crippen LogP contribution in [-0.4, -0.2) is 17.2 Å². The summed E-state index contributed by atoms with van der Waals surface area (Å²) < 4.78 is 12.4. The number of benzene rings is 1. The van der Waals surface area contributed by atoms with Gasteiger partial charge in [0, 0.05) is 0 Å². The van der Waals surface area contributed by atoms with Crippen LogP contribution >= 0.6 is 0 Å². The minimum absolute atomic E-state index is 0.541. The summed E-state index contributed by atoms with van der Waals surface area (Å²) in [5.74, 6) is 1.19. The minimum atomic E-state index is -1.49. The van der Waals surface area contributed by atoms with Crippen molar-refractivity contribution >= 4 is 13.2 Å². The Morgan fingerprint density at radius 1 is 1.31 bits per heavy atom. The van der Waals surface area contributed by atoms with Crippen molar-refractivity contribution in [1.82, 2.24) is 0 Å². The molecule has 0 heterocycles. The highest BCUT2D eigenvalue weighted by Crippen LogP contribution is 2.11. The molecule has 0 saturated carbocycles. The molecule has 68 valence electrons. The lowest BCUT2D eigenvalue weighted by Crippen LogP contribution is -2.05. The fourth-order valence-electron chi connectivity index (χ4n) is 1.01. The molecule has 1 aromatic rings. The van der Waals surface area contributed by atoms with Gasteiger partial charge in [-0.2, -0.15) is 0 Å². The molecule has 2 nitrogen and oxygen atoms in total. The second kappa shape index (κ2) is 4.79. The van der Waals surface area contributed by atoms with Crippen molar-refractivity contribution in [2.24, 2.45) is 0 Å². The first-order chi connectivity index (χ1) is 6.24. The van der Waals surface area contributed by atoms with Gasteiger partial charge in [-0.3, -0.25) is 0 Å². The van der Waals surface area contributed by atoms with Gasteiger partial charge in [-0.05, 0) is 11.1 Å². The van der Waals surface area contributed by atoms with Gasteiger partial charge in [-0.1, -0.05) is 36.3 Å². The standard InChI is InChI=1S/C9H10BFO2/c11-7-9-4-2-1-3-8(9)5-6-10(12)13/h1-6,12-13H,7H2/b6-5+. The summed E-state index contributed by atoms with van der Waals surface area (Å²) in [6.07, 6.45) is 1.49. The molecule has 4 heteroatoms. The summed E-state index contributed by atoms with van der Waals surface area (Å²) in [6, 6.07) is 6.88. The lowest BCUT2D eigenvalue weighted by molar-refractivity contribution is 0.424. The third-order valence-corrected chi connectivity index (χ3v) is 1.65. The van der Waals surface area contributed by atoms with Crippen molar-refractivity contribution in [3.8, 4) is 0 Å². The quantitative estimate of drug-likeness (QED) is 0.685. The number of alkyl halides is 1. The molecule has 13 heavy (non-hydrogen) atoms. The Morgan fingerprint density at radius 2 is 2.00 bits per heavy atom. The van der Waals surface area contributed by atoms with E-state index in [1.807, 2.05) is 0 Å². The van der Waals surface area contributed by atoms with Crippen LogP contribution in [0.4, 0.5) is 4.39 Å². The van der Waals surface area contributed by atoms with Gasteiger partial charge in [0.25, 0.3) is 0 Å². The molecule has 0 saturated heterocycles. The Bertz CT molecular complexity index is 299. The van der Waals surface area contributed by atoms with E-state index in [0.717, 1.165) is 0 Å². The van der Waals surface area contributed by atoms with E-state index in [1.165, 1.54) is 12.1 Å². The van der Waals surface area contributed by atoms with Crippen molar-refractivity contribution in [3.05, 3.63) is 41.4 Å². The van der Waals surface area contributed by atoms with Crippen molar-refractivity contribution in [2.45, 2.75) is 6.67 Å². The molecule has 0 aromatic heterocycles. The zero-order valence-corrected chi connectivity index (χ0v) is 7.02. The highest BCUT2D eigenvalue weighted by molar-refractivity contribution is 6.48. The van der Waals surface area contributed by atoms with E-state index >= 15 is 0 Å². The van der Waals surface area contributed by atoms with E-state index in [4.69, 9.17) is 10.0 Å². The van der Waals surface area contributed by atoms with Crippen LogP contribution in [0.5, 0.6) is 0 Å². The fourth-order valence-corrected chi connectivity index (χ4v) is 1.01. The first-order valence-electron chi connectivity index (χ1n) is 3.92. The smallest absolute Gasteiger partial charge is 0.424 e. The maximum absolute atomic E-state index is 12.4. The van der Waals surface area contributed by atoms with E-state index < -0.39 is 13.8 Å². The maximum atomic E-state index is 12.4. The summed E-state index contributed by atoms with van der Waals surface area (Å²) >= 11 is 0. The number of rotatable bonds is 3. The summed E-state index contributed by atoms with van der Waals surface area (Å²) in [7, 11) is -1.49. The summed E-state index contributed by atoms with van der Waals surface area (Å²) in [5.41, 5.74) is 1.21. The zero-order valence-electron chi connectivity index (χ0n) is 7.02. The molecular formula is C9H10BFO2. The van der Waals surface area contributed by atoms with E-state index in [2.05, 4.69) is 0 Å². The molecule has 0 spiro atoms. The molecular weight excluding hydrogens is 170 g/mol. The topological polar surface area (TPSA) is 40.5 Å². The van der Waals surface area contributed by atoms with Crippen LogP contribution < -0.4 is 0 Å². The predicted octanol–water partition coefficient (Wildman–Crippen LogP) is 1.18. The molecule has 0 amide bonds. The van der Waals surface area contributed by atoms with Crippen molar-refractivity contribution in [3.63, 3.8) is 0 Å².